The molecule has 1 aliphatic rings. The first-order valence-electron chi connectivity index (χ1n) is 6.02. The number of anilines is 1. The standard InChI is InChI=1S/C13H15ClF3N/c14-11-6-3-4-9(11)8-18-12-7-2-1-5-10(12)13(15,16)17/h1-2,5,7,9,11,18H,3-4,6,8H2. The fraction of sp³-hybridized carbons (Fsp3) is 0.538. The van der Waals surface area contributed by atoms with Crippen LogP contribution < -0.4 is 5.32 Å². The van der Waals surface area contributed by atoms with Crippen LogP contribution in [0.25, 0.3) is 0 Å². The predicted molar refractivity (Wildman–Crippen MR) is 66.9 cm³/mol. The number of hydrogen-bond acceptors (Lipinski definition) is 1. The lowest BCUT2D eigenvalue weighted by Crippen LogP contribution is -2.20. The van der Waals surface area contributed by atoms with Crippen LogP contribution in [-0.2, 0) is 6.18 Å². The molecule has 0 spiro atoms. The summed E-state index contributed by atoms with van der Waals surface area (Å²) in [6, 6.07) is 5.55. The van der Waals surface area contributed by atoms with Gasteiger partial charge in [-0.15, -0.1) is 11.6 Å². The van der Waals surface area contributed by atoms with Crippen LogP contribution in [0.15, 0.2) is 24.3 Å². The van der Waals surface area contributed by atoms with Crippen LogP contribution in [0.1, 0.15) is 24.8 Å². The second-order valence-corrected chi connectivity index (χ2v) is 5.19. The molecule has 2 atom stereocenters. The van der Waals surface area contributed by atoms with Crippen molar-refractivity contribution in [3.05, 3.63) is 29.8 Å². The molecule has 1 N–H and O–H groups in total. The summed E-state index contributed by atoms with van der Waals surface area (Å²) in [5.41, 5.74) is -0.477. The Bertz CT molecular complexity index is 405. The molecular formula is C13H15ClF3N. The van der Waals surface area contributed by atoms with Crippen molar-refractivity contribution in [1.82, 2.24) is 0 Å². The van der Waals surface area contributed by atoms with Crippen LogP contribution >= 0.6 is 11.6 Å². The molecule has 5 heteroatoms. The largest absolute Gasteiger partial charge is 0.418 e. The topological polar surface area (TPSA) is 12.0 Å². The minimum Gasteiger partial charge on any atom is -0.384 e. The highest BCUT2D eigenvalue weighted by atomic mass is 35.5. The lowest BCUT2D eigenvalue weighted by atomic mass is 10.1. The zero-order valence-electron chi connectivity index (χ0n) is 9.80. The minimum atomic E-state index is -4.32. The Morgan fingerprint density at radius 3 is 2.56 bits per heavy atom. The van der Waals surface area contributed by atoms with E-state index < -0.39 is 11.7 Å². The molecule has 0 aromatic heterocycles. The molecule has 1 saturated carbocycles. The van der Waals surface area contributed by atoms with Crippen LogP contribution in [0, 0.1) is 5.92 Å². The Kier molecular flexibility index (Phi) is 4.05. The van der Waals surface area contributed by atoms with Gasteiger partial charge in [-0.05, 0) is 30.9 Å². The molecule has 0 radical (unpaired) electrons. The fourth-order valence-corrected chi connectivity index (χ4v) is 2.72. The van der Waals surface area contributed by atoms with Gasteiger partial charge in [0.2, 0.25) is 0 Å². The quantitative estimate of drug-likeness (QED) is 0.801. The summed E-state index contributed by atoms with van der Waals surface area (Å²) in [5.74, 6) is 0.257. The molecule has 0 amide bonds. The van der Waals surface area contributed by atoms with Gasteiger partial charge in [0.25, 0.3) is 0 Å². The summed E-state index contributed by atoms with van der Waals surface area (Å²) in [7, 11) is 0. The minimum absolute atomic E-state index is 0.0792. The number of hydrogen-bond donors (Lipinski definition) is 1. The number of nitrogens with one attached hydrogen (secondary N) is 1. The molecule has 1 nitrogen and oxygen atoms in total. The van der Waals surface area contributed by atoms with Crippen LogP contribution in [0.2, 0.25) is 0 Å². The summed E-state index contributed by atoms with van der Waals surface area (Å²) in [5, 5.41) is 2.97. The number of alkyl halides is 4. The molecule has 100 valence electrons. The Hall–Kier alpha value is -0.900. The third kappa shape index (κ3) is 3.10. The molecule has 0 saturated heterocycles. The van der Waals surface area contributed by atoms with Crippen molar-refractivity contribution in [3.8, 4) is 0 Å². The Balaban J connectivity index is 2.05. The maximum absolute atomic E-state index is 12.8. The van der Waals surface area contributed by atoms with Crippen molar-refractivity contribution in [3.63, 3.8) is 0 Å². The smallest absolute Gasteiger partial charge is 0.384 e. The van der Waals surface area contributed by atoms with Crippen molar-refractivity contribution in [1.29, 1.82) is 0 Å². The SMILES string of the molecule is FC(F)(F)c1ccccc1NCC1CCCC1Cl. The third-order valence-electron chi connectivity index (χ3n) is 3.35. The molecule has 2 rings (SSSR count). The van der Waals surface area contributed by atoms with Gasteiger partial charge in [0, 0.05) is 17.6 Å². The maximum atomic E-state index is 12.8. The first kappa shape index (κ1) is 13.5. The van der Waals surface area contributed by atoms with E-state index in [4.69, 9.17) is 11.6 Å². The second-order valence-electron chi connectivity index (χ2n) is 4.63. The van der Waals surface area contributed by atoms with E-state index in [0.29, 0.717) is 6.54 Å². The highest BCUT2D eigenvalue weighted by molar-refractivity contribution is 6.21. The van der Waals surface area contributed by atoms with Crippen molar-refractivity contribution >= 4 is 17.3 Å². The van der Waals surface area contributed by atoms with Gasteiger partial charge in [-0.25, -0.2) is 0 Å². The lowest BCUT2D eigenvalue weighted by Gasteiger charge is -2.18. The molecule has 1 fully saturated rings. The first-order valence-corrected chi connectivity index (χ1v) is 6.46. The normalized spacial score (nSPS) is 24.2. The van der Waals surface area contributed by atoms with E-state index in [2.05, 4.69) is 5.32 Å². The third-order valence-corrected chi connectivity index (χ3v) is 3.93. The Labute approximate surface area is 109 Å². The van der Waals surface area contributed by atoms with Gasteiger partial charge in [-0.3, -0.25) is 0 Å². The van der Waals surface area contributed by atoms with Crippen molar-refractivity contribution in [2.45, 2.75) is 30.8 Å². The summed E-state index contributed by atoms with van der Waals surface area (Å²) < 4.78 is 38.3. The van der Waals surface area contributed by atoms with E-state index in [9.17, 15) is 13.2 Å². The van der Waals surface area contributed by atoms with E-state index in [-0.39, 0.29) is 17.0 Å². The molecule has 2 unspecified atom stereocenters. The van der Waals surface area contributed by atoms with E-state index in [1.807, 2.05) is 0 Å². The molecule has 18 heavy (non-hydrogen) atoms. The molecule has 0 heterocycles. The van der Waals surface area contributed by atoms with Gasteiger partial charge < -0.3 is 5.32 Å². The number of halogens is 4. The number of rotatable bonds is 3. The second kappa shape index (κ2) is 5.39. The molecule has 1 aliphatic carbocycles. The summed E-state index contributed by atoms with van der Waals surface area (Å²) in [6.07, 6.45) is -1.33. The highest BCUT2D eigenvalue weighted by Gasteiger charge is 2.33. The van der Waals surface area contributed by atoms with Gasteiger partial charge in [0.05, 0.1) is 5.56 Å². The zero-order chi connectivity index (χ0) is 13.2. The molecule has 1 aromatic carbocycles. The molecule has 1 aromatic rings. The highest BCUT2D eigenvalue weighted by Crippen LogP contribution is 2.35. The van der Waals surface area contributed by atoms with Crippen LogP contribution in [-0.4, -0.2) is 11.9 Å². The number of para-hydroxylation sites is 1. The summed E-state index contributed by atoms with van der Waals surface area (Å²) in [4.78, 5) is 0. The predicted octanol–water partition coefficient (Wildman–Crippen LogP) is 4.52. The fourth-order valence-electron chi connectivity index (χ4n) is 2.35. The number of benzene rings is 1. The molecular weight excluding hydrogens is 263 g/mol. The Morgan fingerprint density at radius 2 is 1.94 bits per heavy atom. The van der Waals surface area contributed by atoms with Crippen molar-refractivity contribution in [2.24, 2.45) is 5.92 Å². The first-order chi connectivity index (χ1) is 8.48. The van der Waals surface area contributed by atoms with E-state index >= 15 is 0 Å². The van der Waals surface area contributed by atoms with Gasteiger partial charge in [0.15, 0.2) is 0 Å². The van der Waals surface area contributed by atoms with Gasteiger partial charge in [-0.2, -0.15) is 13.2 Å². The van der Waals surface area contributed by atoms with Gasteiger partial charge >= 0.3 is 6.18 Å². The van der Waals surface area contributed by atoms with E-state index in [0.717, 1.165) is 25.3 Å². The lowest BCUT2D eigenvalue weighted by molar-refractivity contribution is -0.136. The zero-order valence-corrected chi connectivity index (χ0v) is 10.6. The van der Waals surface area contributed by atoms with E-state index in [1.165, 1.54) is 12.1 Å². The average Bonchev–Trinajstić information content (AvgIpc) is 2.71. The van der Waals surface area contributed by atoms with Gasteiger partial charge in [0.1, 0.15) is 0 Å². The Morgan fingerprint density at radius 1 is 1.22 bits per heavy atom. The summed E-state index contributed by atoms with van der Waals surface area (Å²) in [6.45, 7) is 0.501. The maximum Gasteiger partial charge on any atom is 0.418 e. The van der Waals surface area contributed by atoms with Crippen LogP contribution in [0.4, 0.5) is 18.9 Å². The molecule has 0 bridgehead atoms. The van der Waals surface area contributed by atoms with Crippen molar-refractivity contribution in [2.75, 3.05) is 11.9 Å². The summed E-state index contributed by atoms with van der Waals surface area (Å²) >= 11 is 6.11. The van der Waals surface area contributed by atoms with Crippen LogP contribution in [0.3, 0.4) is 0 Å². The van der Waals surface area contributed by atoms with E-state index in [1.54, 1.807) is 6.07 Å². The van der Waals surface area contributed by atoms with Gasteiger partial charge in [-0.1, -0.05) is 18.6 Å². The van der Waals surface area contributed by atoms with Crippen molar-refractivity contribution < 1.29 is 13.2 Å². The monoisotopic (exact) mass is 277 g/mol. The molecule has 0 aliphatic heterocycles. The average molecular weight is 278 g/mol. The van der Waals surface area contributed by atoms with Crippen LogP contribution in [0.5, 0.6) is 0 Å².